The first-order valence-corrected chi connectivity index (χ1v) is 9.51. The number of nitrogens with one attached hydrogen (secondary N) is 2. The van der Waals surface area contributed by atoms with E-state index in [0.717, 1.165) is 5.56 Å². The summed E-state index contributed by atoms with van der Waals surface area (Å²) in [6.07, 6.45) is 0. The molecule has 7 heteroatoms. The second kappa shape index (κ2) is 10.5. The van der Waals surface area contributed by atoms with Gasteiger partial charge in [-0.15, -0.1) is 0 Å². The fourth-order valence-corrected chi connectivity index (χ4v) is 2.71. The Hall–Kier alpha value is -4.26. The van der Waals surface area contributed by atoms with Gasteiger partial charge in [0.2, 0.25) is 0 Å². The summed E-state index contributed by atoms with van der Waals surface area (Å²) in [7, 11) is 0. The Labute approximate surface area is 179 Å². The minimum atomic E-state index is -0.755. The highest BCUT2D eigenvalue weighted by Gasteiger charge is 2.14. The zero-order valence-corrected chi connectivity index (χ0v) is 16.5. The molecule has 7 nitrogen and oxygen atoms in total. The van der Waals surface area contributed by atoms with Crippen molar-refractivity contribution in [3.8, 4) is 0 Å². The summed E-state index contributed by atoms with van der Waals surface area (Å²) in [4.78, 5) is 48.0. The molecule has 3 aromatic carbocycles. The quantitative estimate of drug-likeness (QED) is 0.455. The van der Waals surface area contributed by atoms with Gasteiger partial charge < -0.3 is 10.1 Å². The predicted molar refractivity (Wildman–Crippen MR) is 113 cm³/mol. The Balaban J connectivity index is 1.45. The highest BCUT2D eigenvalue weighted by atomic mass is 16.5. The van der Waals surface area contributed by atoms with Gasteiger partial charge in [0.1, 0.15) is 0 Å². The van der Waals surface area contributed by atoms with Crippen LogP contribution in [0.3, 0.4) is 0 Å². The number of hydrogen-bond acceptors (Lipinski definition) is 5. The molecule has 156 valence electrons. The van der Waals surface area contributed by atoms with Crippen molar-refractivity contribution in [2.45, 2.75) is 6.54 Å². The molecule has 0 aliphatic heterocycles. The van der Waals surface area contributed by atoms with Gasteiger partial charge >= 0.3 is 12.0 Å². The van der Waals surface area contributed by atoms with Crippen molar-refractivity contribution < 1.29 is 23.9 Å². The highest BCUT2D eigenvalue weighted by molar-refractivity contribution is 6.09. The molecule has 0 radical (unpaired) electrons. The minimum Gasteiger partial charge on any atom is -0.452 e. The summed E-state index contributed by atoms with van der Waals surface area (Å²) in [6, 6.07) is 23.2. The topological polar surface area (TPSA) is 102 Å². The van der Waals surface area contributed by atoms with Crippen LogP contribution in [0.5, 0.6) is 0 Å². The van der Waals surface area contributed by atoms with Gasteiger partial charge in [-0.25, -0.2) is 9.59 Å². The first-order valence-electron chi connectivity index (χ1n) is 9.51. The number of carbonyl (C=O) groups excluding carboxylic acids is 4. The molecule has 0 fully saturated rings. The van der Waals surface area contributed by atoms with Gasteiger partial charge in [-0.05, 0) is 17.7 Å². The average Bonchev–Trinajstić information content (AvgIpc) is 2.82. The number of rotatable bonds is 7. The van der Waals surface area contributed by atoms with E-state index >= 15 is 0 Å². The van der Waals surface area contributed by atoms with Crippen molar-refractivity contribution >= 4 is 23.7 Å². The van der Waals surface area contributed by atoms with Crippen LogP contribution in [-0.4, -0.2) is 30.3 Å². The lowest BCUT2D eigenvalue weighted by Crippen LogP contribution is -2.41. The molecule has 3 rings (SSSR count). The van der Waals surface area contributed by atoms with Crippen LogP contribution < -0.4 is 10.6 Å². The number of hydrogen-bond donors (Lipinski definition) is 2. The van der Waals surface area contributed by atoms with E-state index in [2.05, 4.69) is 10.6 Å². The van der Waals surface area contributed by atoms with E-state index in [1.165, 1.54) is 24.3 Å². The van der Waals surface area contributed by atoms with E-state index in [4.69, 9.17) is 4.74 Å². The largest absolute Gasteiger partial charge is 0.452 e. The molecule has 0 saturated carbocycles. The molecule has 31 heavy (non-hydrogen) atoms. The number of benzene rings is 3. The van der Waals surface area contributed by atoms with Crippen LogP contribution in [0.1, 0.15) is 31.8 Å². The van der Waals surface area contributed by atoms with Gasteiger partial charge in [-0.1, -0.05) is 72.8 Å². The summed E-state index contributed by atoms with van der Waals surface area (Å²) in [6.45, 7) is -0.351. The molecule has 0 spiro atoms. The summed E-state index contributed by atoms with van der Waals surface area (Å²) >= 11 is 0. The molecular weight excluding hydrogens is 396 g/mol. The number of ether oxygens (including phenoxy) is 1. The Morgan fingerprint density at radius 1 is 0.677 bits per heavy atom. The summed E-state index contributed by atoms with van der Waals surface area (Å²) < 4.78 is 4.92. The lowest BCUT2D eigenvalue weighted by Gasteiger charge is -2.08. The molecule has 2 N–H and O–H groups in total. The van der Waals surface area contributed by atoms with Crippen LogP contribution in [-0.2, 0) is 16.1 Å². The average molecular weight is 416 g/mol. The van der Waals surface area contributed by atoms with Crippen molar-refractivity contribution in [1.29, 1.82) is 0 Å². The second-order valence-electron chi connectivity index (χ2n) is 6.57. The van der Waals surface area contributed by atoms with E-state index in [9.17, 15) is 19.2 Å². The van der Waals surface area contributed by atoms with E-state index in [-0.39, 0.29) is 17.9 Å². The molecular formula is C24H20N2O5. The van der Waals surface area contributed by atoms with Gasteiger partial charge in [0, 0.05) is 17.7 Å². The number of esters is 1. The Kier molecular flexibility index (Phi) is 7.26. The van der Waals surface area contributed by atoms with Crippen molar-refractivity contribution in [2.24, 2.45) is 0 Å². The highest BCUT2D eigenvalue weighted by Crippen LogP contribution is 2.12. The number of amides is 3. The molecule has 0 heterocycles. The maximum atomic E-state index is 12.4. The molecule has 0 unspecified atom stereocenters. The van der Waals surface area contributed by atoms with Crippen LogP contribution in [0, 0.1) is 0 Å². The summed E-state index contributed by atoms with van der Waals surface area (Å²) in [5, 5.41) is 4.62. The predicted octanol–water partition coefficient (Wildman–Crippen LogP) is 3.10. The molecule has 3 amide bonds. The van der Waals surface area contributed by atoms with Gasteiger partial charge in [-0.2, -0.15) is 0 Å². The monoisotopic (exact) mass is 416 g/mol. The summed E-state index contributed by atoms with van der Waals surface area (Å²) in [5.74, 6) is -1.66. The van der Waals surface area contributed by atoms with Crippen LogP contribution in [0.15, 0.2) is 84.9 Å². The van der Waals surface area contributed by atoms with Crippen LogP contribution >= 0.6 is 0 Å². The molecule has 3 aromatic rings. The van der Waals surface area contributed by atoms with Crippen molar-refractivity contribution in [1.82, 2.24) is 10.6 Å². The van der Waals surface area contributed by atoms with Crippen molar-refractivity contribution in [3.05, 3.63) is 107 Å². The van der Waals surface area contributed by atoms with E-state index < -0.39 is 24.5 Å². The molecule has 0 saturated heterocycles. The molecule has 0 atom stereocenters. The van der Waals surface area contributed by atoms with Gasteiger partial charge in [0.25, 0.3) is 5.91 Å². The Morgan fingerprint density at radius 3 is 1.87 bits per heavy atom. The number of ketones is 1. The standard InChI is InChI=1S/C24H20N2O5/c27-21(26-24(30)25-15-17-7-3-1-4-8-17)16-31-23(29)20-13-11-19(12-14-20)22(28)18-9-5-2-6-10-18/h1-14H,15-16H2,(H2,25,26,27,30). The van der Waals surface area contributed by atoms with Crippen LogP contribution in [0.2, 0.25) is 0 Å². The zero-order chi connectivity index (χ0) is 22.1. The van der Waals surface area contributed by atoms with Gasteiger partial charge in [-0.3, -0.25) is 14.9 Å². The Bertz CT molecular complexity index is 1060. The zero-order valence-electron chi connectivity index (χ0n) is 16.5. The number of urea groups is 1. The summed E-state index contributed by atoms with van der Waals surface area (Å²) in [5.41, 5.74) is 2.03. The minimum absolute atomic E-state index is 0.165. The molecule has 0 bridgehead atoms. The van der Waals surface area contributed by atoms with E-state index in [1.807, 2.05) is 36.4 Å². The number of imide groups is 1. The third-order valence-corrected chi connectivity index (χ3v) is 4.30. The van der Waals surface area contributed by atoms with Crippen molar-refractivity contribution in [2.75, 3.05) is 6.61 Å². The first kappa shape index (κ1) is 21.4. The Morgan fingerprint density at radius 2 is 1.23 bits per heavy atom. The number of carbonyl (C=O) groups is 4. The van der Waals surface area contributed by atoms with Crippen molar-refractivity contribution in [3.63, 3.8) is 0 Å². The first-order chi connectivity index (χ1) is 15.0. The van der Waals surface area contributed by atoms with Gasteiger partial charge in [0.05, 0.1) is 5.56 Å². The fraction of sp³-hybridized carbons (Fsp3) is 0.0833. The maximum Gasteiger partial charge on any atom is 0.338 e. The lowest BCUT2D eigenvalue weighted by molar-refractivity contribution is -0.123. The van der Waals surface area contributed by atoms with Crippen LogP contribution in [0.4, 0.5) is 4.79 Å². The third kappa shape index (κ3) is 6.37. The van der Waals surface area contributed by atoms with Crippen LogP contribution in [0.25, 0.3) is 0 Å². The van der Waals surface area contributed by atoms with E-state index in [1.54, 1.807) is 24.3 Å². The van der Waals surface area contributed by atoms with Gasteiger partial charge in [0.15, 0.2) is 12.4 Å². The molecule has 0 aliphatic carbocycles. The maximum absolute atomic E-state index is 12.4. The fourth-order valence-electron chi connectivity index (χ4n) is 2.71. The molecule has 0 aromatic heterocycles. The SMILES string of the molecule is O=C(COC(=O)c1ccc(C(=O)c2ccccc2)cc1)NC(=O)NCc1ccccc1. The smallest absolute Gasteiger partial charge is 0.338 e. The normalized spacial score (nSPS) is 10.1. The second-order valence-corrected chi connectivity index (χ2v) is 6.57. The van der Waals surface area contributed by atoms with E-state index in [0.29, 0.717) is 11.1 Å². The third-order valence-electron chi connectivity index (χ3n) is 4.30. The molecule has 0 aliphatic rings. The lowest BCUT2D eigenvalue weighted by atomic mass is 10.0.